The smallest absolute Gasteiger partial charge is 0.0221 e. The molecule has 1 atom stereocenters. The van der Waals surface area contributed by atoms with E-state index in [4.69, 9.17) is 0 Å². The lowest BCUT2D eigenvalue weighted by Crippen LogP contribution is -2.42. The molecule has 1 aromatic rings. The van der Waals surface area contributed by atoms with Gasteiger partial charge in [0.25, 0.3) is 0 Å². The van der Waals surface area contributed by atoms with Gasteiger partial charge in [-0.3, -0.25) is 4.90 Å². The minimum Gasteiger partial charge on any atom is -0.312 e. The number of nitrogens with zero attached hydrogens (tertiary/aromatic N) is 1. The van der Waals surface area contributed by atoms with Gasteiger partial charge in [0.15, 0.2) is 0 Å². The summed E-state index contributed by atoms with van der Waals surface area (Å²) in [7, 11) is 0. The number of hydrogen-bond acceptors (Lipinski definition) is 2. The van der Waals surface area contributed by atoms with Crippen molar-refractivity contribution in [3.8, 4) is 0 Å². The van der Waals surface area contributed by atoms with Crippen molar-refractivity contribution >= 4 is 0 Å². The number of likely N-dealkylation sites (tertiary alicyclic amines) is 1. The van der Waals surface area contributed by atoms with Crippen LogP contribution in [0, 0.1) is 0 Å². The molecule has 0 amide bonds. The molecule has 1 heterocycles. The molecule has 1 fully saturated rings. The van der Waals surface area contributed by atoms with E-state index in [0.29, 0.717) is 6.04 Å². The Kier molecular flexibility index (Phi) is 3.67. The van der Waals surface area contributed by atoms with Crippen molar-refractivity contribution in [3.63, 3.8) is 0 Å². The van der Waals surface area contributed by atoms with E-state index in [1.165, 1.54) is 45.3 Å². The lowest BCUT2D eigenvalue weighted by Gasteiger charge is -2.24. The van der Waals surface area contributed by atoms with Crippen molar-refractivity contribution in [3.05, 3.63) is 35.4 Å². The summed E-state index contributed by atoms with van der Waals surface area (Å²) < 4.78 is 0. The Morgan fingerprint density at radius 1 is 1.22 bits per heavy atom. The van der Waals surface area contributed by atoms with Crippen LogP contribution in [0.25, 0.3) is 0 Å². The number of fused-ring (bicyclic) bond motifs is 1. The molecule has 1 N–H and O–H groups in total. The lowest BCUT2D eigenvalue weighted by molar-refractivity contribution is 0.254. The van der Waals surface area contributed by atoms with Crippen LogP contribution in [0.5, 0.6) is 0 Å². The molecule has 2 nitrogen and oxygen atoms in total. The first kappa shape index (κ1) is 12.2. The third-order valence-electron chi connectivity index (χ3n) is 4.60. The maximum Gasteiger partial charge on any atom is 0.0221 e. The molecule has 98 valence electrons. The Hall–Kier alpha value is -0.860. The van der Waals surface area contributed by atoms with Gasteiger partial charge in [0.05, 0.1) is 0 Å². The first-order chi connectivity index (χ1) is 8.86. The van der Waals surface area contributed by atoms with Crippen LogP contribution < -0.4 is 5.32 Å². The van der Waals surface area contributed by atoms with E-state index >= 15 is 0 Å². The van der Waals surface area contributed by atoms with Gasteiger partial charge in [-0.15, -0.1) is 0 Å². The summed E-state index contributed by atoms with van der Waals surface area (Å²) in [5, 5.41) is 3.79. The molecule has 0 radical (unpaired) electrons. The summed E-state index contributed by atoms with van der Waals surface area (Å²) >= 11 is 0. The Labute approximate surface area is 110 Å². The van der Waals surface area contributed by atoms with Gasteiger partial charge in [0, 0.05) is 18.6 Å². The van der Waals surface area contributed by atoms with Crippen LogP contribution in [0.3, 0.4) is 0 Å². The fraction of sp³-hybridized carbons (Fsp3) is 0.625. The SMILES string of the molecule is CCN1CCCC1CNC1Cc2ccccc2C1. The highest BCUT2D eigenvalue weighted by molar-refractivity contribution is 5.33. The van der Waals surface area contributed by atoms with Gasteiger partial charge in [-0.2, -0.15) is 0 Å². The highest BCUT2D eigenvalue weighted by Gasteiger charge is 2.25. The van der Waals surface area contributed by atoms with Crippen molar-refractivity contribution in [1.82, 2.24) is 10.2 Å². The Balaban J connectivity index is 1.51. The molecule has 2 aliphatic rings. The highest BCUT2D eigenvalue weighted by Crippen LogP contribution is 2.22. The summed E-state index contributed by atoms with van der Waals surface area (Å²) in [6, 6.07) is 10.3. The number of likely N-dealkylation sites (N-methyl/N-ethyl adjacent to an activating group) is 1. The summed E-state index contributed by atoms with van der Waals surface area (Å²) in [4.78, 5) is 2.62. The second-order valence-corrected chi connectivity index (χ2v) is 5.71. The van der Waals surface area contributed by atoms with Crippen LogP contribution in [0.15, 0.2) is 24.3 Å². The van der Waals surface area contributed by atoms with E-state index in [2.05, 4.69) is 41.4 Å². The number of hydrogen-bond donors (Lipinski definition) is 1. The van der Waals surface area contributed by atoms with Gasteiger partial charge in [-0.25, -0.2) is 0 Å². The molecule has 0 saturated carbocycles. The molecule has 0 bridgehead atoms. The molecule has 1 aliphatic heterocycles. The molecular formula is C16H24N2. The maximum absolute atomic E-state index is 3.79. The first-order valence-corrected chi connectivity index (χ1v) is 7.41. The Morgan fingerprint density at radius 2 is 1.94 bits per heavy atom. The van der Waals surface area contributed by atoms with Gasteiger partial charge < -0.3 is 5.32 Å². The molecule has 1 saturated heterocycles. The topological polar surface area (TPSA) is 15.3 Å². The van der Waals surface area contributed by atoms with Gasteiger partial charge in [0.2, 0.25) is 0 Å². The van der Waals surface area contributed by atoms with Crippen LogP contribution >= 0.6 is 0 Å². The molecule has 0 aromatic heterocycles. The van der Waals surface area contributed by atoms with Gasteiger partial charge in [-0.1, -0.05) is 31.2 Å². The summed E-state index contributed by atoms with van der Waals surface area (Å²) in [6.07, 6.45) is 5.19. The fourth-order valence-electron chi connectivity index (χ4n) is 3.55. The molecule has 18 heavy (non-hydrogen) atoms. The third-order valence-corrected chi connectivity index (χ3v) is 4.60. The summed E-state index contributed by atoms with van der Waals surface area (Å²) in [6.45, 7) is 5.96. The Bertz CT molecular complexity index is 377. The van der Waals surface area contributed by atoms with E-state index in [0.717, 1.165) is 6.04 Å². The summed E-state index contributed by atoms with van der Waals surface area (Å²) in [5.41, 5.74) is 3.10. The maximum atomic E-state index is 3.79. The lowest BCUT2D eigenvalue weighted by atomic mass is 10.1. The van der Waals surface area contributed by atoms with Crippen molar-refractivity contribution < 1.29 is 0 Å². The van der Waals surface area contributed by atoms with Crippen LogP contribution in [-0.2, 0) is 12.8 Å². The minimum atomic E-state index is 0.668. The van der Waals surface area contributed by atoms with Crippen LogP contribution in [0.4, 0.5) is 0 Å². The third kappa shape index (κ3) is 2.45. The average Bonchev–Trinajstić information content (AvgIpc) is 3.01. The predicted molar refractivity (Wildman–Crippen MR) is 75.9 cm³/mol. The van der Waals surface area contributed by atoms with E-state index in [1.807, 2.05) is 0 Å². The zero-order chi connectivity index (χ0) is 12.4. The summed E-state index contributed by atoms with van der Waals surface area (Å²) in [5.74, 6) is 0. The van der Waals surface area contributed by atoms with Gasteiger partial charge in [-0.05, 0) is 49.9 Å². The number of benzene rings is 1. The largest absolute Gasteiger partial charge is 0.312 e. The minimum absolute atomic E-state index is 0.668. The van der Waals surface area contributed by atoms with Gasteiger partial charge >= 0.3 is 0 Å². The van der Waals surface area contributed by atoms with Crippen molar-refractivity contribution in [2.45, 2.75) is 44.7 Å². The number of rotatable bonds is 4. The van der Waals surface area contributed by atoms with E-state index in [9.17, 15) is 0 Å². The standard InChI is InChI=1S/C16H24N2/c1-2-18-9-5-8-16(18)12-17-15-10-13-6-3-4-7-14(13)11-15/h3-4,6-7,15-17H,2,5,8-12H2,1H3. The van der Waals surface area contributed by atoms with Crippen molar-refractivity contribution in [2.24, 2.45) is 0 Å². The van der Waals surface area contributed by atoms with Crippen LogP contribution in [0.2, 0.25) is 0 Å². The highest BCUT2D eigenvalue weighted by atomic mass is 15.2. The molecule has 0 spiro atoms. The fourth-order valence-corrected chi connectivity index (χ4v) is 3.55. The molecule has 1 aliphatic carbocycles. The van der Waals surface area contributed by atoms with E-state index < -0.39 is 0 Å². The zero-order valence-electron chi connectivity index (χ0n) is 11.4. The molecule has 1 unspecified atom stereocenters. The number of nitrogens with one attached hydrogen (secondary N) is 1. The first-order valence-electron chi connectivity index (χ1n) is 7.41. The normalized spacial score (nSPS) is 24.6. The molecule has 3 rings (SSSR count). The van der Waals surface area contributed by atoms with Crippen molar-refractivity contribution in [1.29, 1.82) is 0 Å². The van der Waals surface area contributed by atoms with Crippen molar-refractivity contribution in [2.75, 3.05) is 19.6 Å². The van der Waals surface area contributed by atoms with E-state index in [-0.39, 0.29) is 0 Å². The molecule has 1 aromatic carbocycles. The second kappa shape index (κ2) is 5.41. The van der Waals surface area contributed by atoms with Gasteiger partial charge in [0.1, 0.15) is 0 Å². The van der Waals surface area contributed by atoms with E-state index in [1.54, 1.807) is 11.1 Å². The predicted octanol–water partition coefficient (Wildman–Crippen LogP) is 2.23. The molecule has 2 heteroatoms. The van der Waals surface area contributed by atoms with Crippen LogP contribution in [-0.4, -0.2) is 36.6 Å². The van der Waals surface area contributed by atoms with Crippen LogP contribution in [0.1, 0.15) is 30.9 Å². The zero-order valence-corrected chi connectivity index (χ0v) is 11.4. The quantitative estimate of drug-likeness (QED) is 0.874. The average molecular weight is 244 g/mol. The Morgan fingerprint density at radius 3 is 2.61 bits per heavy atom. The molecular weight excluding hydrogens is 220 g/mol. The second-order valence-electron chi connectivity index (χ2n) is 5.71. The monoisotopic (exact) mass is 244 g/mol.